The number of carbonyl (C=O) groups is 2. The van der Waals surface area contributed by atoms with Gasteiger partial charge in [-0.25, -0.2) is 4.79 Å². The molecule has 0 aromatic heterocycles. The topological polar surface area (TPSA) is 69.6 Å². The van der Waals surface area contributed by atoms with Crippen LogP contribution in [0.1, 0.15) is 38.4 Å². The lowest BCUT2D eigenvalue weighted by Crippen LogP contribution is -2.46. The van der Waals surface area contributed by atoms with Crippen LogP contribution in [0.2, 0.25) is 0 Å². The van der Waals surface area contributed by atoms with Crippen LogP contribution in [-0.2, 0) is 4.79 Å². The Bertz CT molecular complexity index is 497. The van der Waals surface area contributed by atoms with Crippen LogP contribution in [0.5, 0.6) is 0 Å². The Morgan fingerprint density at radius 3 is 2.30 bits per heavy atom. The zero-order chi connectivity index (χ0) is 14.8. The number of nitrogens with one attached hydrogen (secondary N) is 1. The Morgan fingerprint density at radius 2 is 1.80 bits per heavy atom. The summed E-state index contributed by atoms with van der Waals surface area (Å²) in [5.41, 5.74) is -0.119. The normalized spacial score (nSPS) is 19.1. The number of rotatable bonds is 5. The quantitative estimate of drug-likeness (QED) is 0.806. The summed E-state index contributed by atoms with van der Waals surface area (Å²) in [5, 5.41) is 12.9. The summed E-state index contributed by atoms with van der Waals surface area (Å²) in [6, 6.07) is 8.60. The van der Waals surface area contributed by atoms with Gasteiger partial charge in [0.05, 0.1) is 12.6 Å². The molecule has 108 valence electrons. The molecule has 2 rings (SSSR count). The Morgan fingerprint density at radius 1 is 1.20 bits per heavy atom. The second-order valence-corrected chi connectivity index (χ2v) is 5.06. The minimum atomic E-state index is -0.865. The van der Waals surface area contributed by atoms with Gasteiger partial charge in [0, 0.05) is 0 Å². The average Bonchev–Trinajstić information content (AvgIpc) is 2.72. The van der Waals surface area contributed by atoms with Gasteiger partial charge in [-0.1, -0.05) is 44.2 Å². The SMILES string of the molecule is CCC1(CC)NC(=O)N(C[C@@H](O)c2ccccc2)C1=O. The number of hydrogen-bond acceptors (Lipinski definition) is 3. The fourth-order valence-electron chi connectivity index (χ4n) is 2.52. The van der Waals surface area contributed by atoms with Crippen molar-refractivity contribution in [3.05, 3.63) is 35.9 Å². The first-order chi connectivity index (χ1) is 9.54. The molecule has 1 aliphatic rings. The molecule has 0 bridgehead atoms. The van der Waals surface area contributed by atoms with E-state index in [0.717, 1.165) is 4.90 Å². The van der Waals surface area contributed by atoms with E-state index in [4.69, 9.17) is 0 Å². The summed E-state index contributed by atoms with van der Waals surface area (Å²) in [6.45, 7) is 3.73. The predicted molar refractivity (Wildman–Crippen MR) is 75.0 cm³/mol. The summed E-state index contributed by atoms with van der Waals surface area (Å²) < 4.78 is 0. The van der Waals surface area contributed by atoms with Gasteiger partial charge in [0.2, 0.25) is 0 Å². The number of urea groups is 1. The third-order valence-electron chi connectivity index (χ3n) is 3.99. The van der Waals surface area contributed by atoms with Gasteiger partial charge in [0.25, 0.3) is 5.91 Å². The Labute approximate surface area is 118 Å². The van der Waals surface area contributed by atoms with Crippen LogP contribution in [0.15, 0.2) is 30.3 Å². The molecule has 0 saturated carbocycles. The van der Waals surface area contributed by atoms with E-state index >= 15 is 0 Å². The van der Waals surface area contributed by atoms with Gasteiger partial charge in [0.15, 0.2) is 0 Å². The lowest BCUT2D eigenvalue weighted by molar-refractivity contribution is -0.132. The van der Waals surface area contributed by atoms with Gasteiger partial charge in [-0.3, -0.25) is 9.69 Å². The molecule has 2 N–H and O–H groups in total. The number of aliphatic hydroxyl groups excluding tert-OH is 1. The van der Waals surface area contributed by atoms with E-state index in [9.17, 15) is 14.7 Å². The van der Waals surface area contributed by atoms with E-state index in [1.54, 1.807) is 12.1 Å². The van der Waals surface area contributed by atoms with E-state index in [1.165, 1.54) is 0 Å². The van der Waals surface area contributed by atoms with Crippen LogP contribution in [0, 0.1) is 0 Å². The number of amides is 3. The molecular weight excluding hydrogens is 256 g/mol. The summed E-state index contributed by atoms with van der Waals surface area (Å²) in [7, 11) is 0. The summed E-state index contributed by atoms with van der Waals surface area (Å²) >= 11 is 0. The van der Waals surface area contributed by atoms with Gasteiger partial charge >= 0.3 is 6.03 Å². The standard InChI is InChI=1S/C15H20N2O3/c1-3-15(4-2)13(19)17(14(20)16-15)10-12(18)11-8-6-5-7-9-11/h5-9,12,18H,3-4,10H2,1-2H3,(H,16,20)/t12-/m1/s1. The molecule has 0 unspecified atom stereocenters. The van der Waals surface area contributed by atoms with E-state index < -0.39 is 17.7 Å². The van der Waals surface area contributed by atoms with Crippen LogP contribution < -0.4 is 5.32 Å². The molecule has 0 radical (unpaired) electrons. The van der Waals surface area contributed by atoms with Crippen molar-refractivity contribution in [3.63, 3.8) is 0 Å². The van der Waals surface area contributed by atoms with Gasteiger partial charge in [0.1, 0.15) is 5.54 Å². The summed E-state index contributed by atoms with van der Waals surface area (Å²) in [5.74, 6) is -0.248. The van der Waals surface area contributed by atoms with Crippen LogP contribution in [0.25, 0.3) is 0 Å². The third kappa shape index (κ3) is 2.41. The van der Waals surface area contributed by atoms with Crippen LogP contribution >= 0.6 is 0 Å². The number of β-amino-alcohol motifs (C(OH)–C–C–N with tert-alkyl or cyclic N) is 1. The molecule has 3 amide bonds. The van der Waals surface area contributed by atoms with Crippen molar-refractivity contribution in [1.29, 1.82) is 0 Å². The Hall–Kier alpha value is -1.88. The van der Waals surface area contributed by atoms with Gasteiger partial charge in [-0.05, 0) is 18.4 Å². The second kappa shape index (κ2) is 5.63. The molecule has 1 aliphatic heterocycles. The molecule has 1 atom stereocenters. The summed E-state index contributed by atoms with van der Waals surface area (Å²) in [6.07, 6.45) is 0.230. The molecular formula is C15H20N2O3. The zero-order valence-corrected chi connectivity index (χ0v) is 11.8. The first-order valence-corrected chi connectivity index (χ1v) is 6.91. The van der Waals surface area contributed by atoms with Crippen molar-refractivity contribution in [2.24, 2.45) is 0 Å². The minimum absolute atomic E-state index is 0.0174. The van der Waals surface area contributed by atoms with Gasteiger partial charge in [-0.2, -0.15) is 0 Å². The number of hydrogen-bond donors (Lipinski definition) is 2. The number of carbonyl (C=O) groups excluding carboxylic acids is 2. The molecule has 0 aliphatic carbocycles. The minimum Gasteiger partial charge on any atom is -0.387 e. The maximum Gasteiger partial charge on any atom is 0.325 e. The van der Waals surface area contributed by atoms with Crippen LogP contribution in [0.3, 0.4) is 0 Å². The smallest absolute Gasteiger partial charge is 0.325 e. The molecule has 5 heteroatoms. The molecule has 1 aromatic rings. The Kier molecular flexibility index (Phi) is 4.09. The average molecular weight is 276 g/mol. The van der Waals surface area contributed by atoms with Crippen molar-refractivity contribution in [1.82, 2.24) is 10.2 Å². The lowest BCUT2D eigenvalue weighted by atomic mass is 9.93. The molecule has 5 nitrogen and oxygen atoms in total. The van der Waals surface area contributed by atoms with Gasteiger partial charge < -0.3 is 10.4 Å². The van der Waals surface area contributed by atoms with Crippen molar-refractivity contribution in [3.8, 4) is 0 Å². The second-order valence-electron chi connectivity index (χ2n) is 5.06. The number of aliphatic hydroxyl groups is 1. The van der Waals surface area contributed by atoms with E-state index in [0.29, 0.717) is 18.4 Å². The fourth-order valence-corrected chi connectivity index (χ4v) is 2.52. The number of nitrogens with zero attached hydrogens (tertiary/aromatic N) is 1. The van der Waals surface area contributed by atoms with E-state index in [1.807, 2.05) is 32.0 Å². The molecule has 1 aromatic carbocycles. The Balaban J connectivity index is 2.14. The van der Waals surface area contributed by atoms with Crippen molar-refractivity contribution >= 4 is 11.9 Å². The zero-order valence-electron chi connectivity index (χ0n) is 11.8. The van der Waals surface area contributed by atoms with Crippen molar-refractivity contribution in [2.75, 3.05) is 6.54 Å². The highest BCUT2D eigenvalue weighted by Crippen LogP contribution is 2.26. The summed E-state index contributed by atoms with van der Waals surface area (Å²) in [4.78, 5) is 25.5. The van der Waals surface area contributed by atoms with Crippen molar-refractivity contribution in [2.45, 2.75) is 38.3 Å². The highest BCUT2D eigenvalue weighted by Gasteiger charge is 2.48. The fraction of sp³-hybridized carbons (Fsp3) is 0.467. The molecule has 20 heavy (non-hydrogen) atoms. The van der Waals surface area contributed by atoms with Gasteiger partial charge in [-0.15, -0.1) is 0 Å². The molecule has 0 spiro atoms. The molecule has 1 fully saturated rings. The first-order valence-electron chi connectivity index (χ1n) is 6.91. The van der Waals surface area contributed by atoms with Crippen molar-refractivity contribution < 1.29 is 14.7 Å². The predicted octanol–water partition coefficient (Wildman–Crippen LogP) is 1.83. The maximum absolute atomic E-state index is 12.4. The number of imide groups is 1. The maximum atomic E-state index is 12.4. The lowest BCUT2D eigenvalue weighted by Gasteiger charge is -2.24. The molecule has 1 saturated heterocycles. The highest BCUT2D eigenvalue weighted by molar-refractivity contribution is 6.07. The van der Waals surface area contributed by atoms with Crippen LogP contribution in [0.4, 0.5) is 4.79 Å². The van der Waals surface area contributed by atoms with Crippen LogP contribution in [-0.4, -0.2) is 34.0 Å². The number of benzene rings is 1. The monoisotopic (exact) mass is 276 g/mol. The van der Waals surface area contributed by atoms with E-state index in [2.05, 4.69) is 5.32 Å². The first kappa shape index (κ1) is 14.5. The molecule has 1 heterocycles. The largest absolute Gasteiger partial charge is 0.387 e. The van der Waals surface area contributed by atoms with E-state index in [-0.39, 0.29) is 12.5 Å². The third-order valence-corrected chi connectivity index (χ3v) is 3.99. The highest BCUT2D eigenvalue weighted by atomic mass is 16.3.